The van der Waals surface area contributed by atoms with Gasteiger partial charge in [-0.05, 0) is 67.6 Å². The highest BCUT2D eigenvalue weighted by atomic mass is 16.5. The maximum Gasteiger partial charge on any atom is 0.161 e. The minimum atomic E-state index is 0.0596. The smallest absolute Gasteiger partial charge is 0.161 e. The lowest BCUT2D eigenvalue weighted by atomic mass is 9.82. The first-order chi connectivity index (χ1) is 15.2. The SMILES string of the molecule is CC(=O)c1ccncc1NCC1CCCc2cc(N3CCOc4ccccc43)ccc21. The molecule has 0 saturated heterocycles. The summed E-state index contributed by atoms with van der Waals surface area (Å²) >= 11 is 0. The number of aromatic nitrogens is 1. The molecule has 2 heterocycles. The second-order valence-electron chi connectivity index (χ2n) is 8.30. The van der Waals surface area contributed by atoms with Crippen LogP contribution in [0, 0.1) is 0 Å². The van der Waals surface area contributed by atoms with Crippen LogP contribution in [0.25, 0.3) is 0 Å². The van der Waals surface area contributed by atoms with Crippen molar-refractivity contribution in [1.82, 2.24) is 4.98 Å². The molecule has 0 radical (unpaired) electrons. The van der Waals surface area contributed by atoms with Gasteiger partial charge in [0, 0.05) is 29.9 Å². The van der Waals surface area contributed by atoms with E-state index in [-0.39, 0.29) is 5.78 Å². The molecule has 5 rings (SSSR count). The molecular weight excluding hydrogens is 386 g/mol. The van der Waals surface area contributed by atoms with Crippen LogP contribution in [-0.2, 0) is 6.42 Å². The van der Waals surface area contributed by atoms with Gasteiger partial charge >= 0.3 is 0 Å². The summed E-state index contributed by atoms with van der Waals surface area (Å²) in [7, 11) is 0. The highest BCUT2D eigenvalue weighted by Gasteiger charge is 2.24. The van der Waals surface area contributed by atoms with E-state index in [0.717, 1.165) is 43.1 Å². The average molecular weight is 414 g/mol. The Balaban J connectivity index is 1.38. The highest BCUT2D eigenvalue weighted by molar-refractivity contribution is 5.99. The van der Waals surface area contributed by atoms with Crippen molar-refractivity contribution in [3.8, 4) is 5.75 Å². The molecule has 0 fully saturated rings. The molecule has 1 N–H and O–H groups in total. The van der Waals surface area contributed by atoms with Crippen molar-refractivity contribution in [2.24, 2.45) is 0 Å². The number of aryl methyl sites for hydroxylation is 1. The first kappa shape index (κ1) is 19.6. The molecule has 1 atom stereocenters. The van der Waals surface area contributed by atoms with Gasteiger partial charge in [0.15, 0.2) is 5.78 Å². The van der Waals surface area contributed by atoms with E-state index >= 15 is 0 Å². The van der Waals surface area contributed by atoms with Crippen molar-refractivity contribution in [1.29, 1.82) is 0 Å². The number of para-hydroxylation sites is 2. The minimum Gasteiger partial charge on any atom is -0.490 e. The van der Waals surface area contributed by atoms with Crippen LogP contribution in [0.1, 0.15) is 47.2 Å². The van der Waals surface area contributed by atoms with Gasteiger partial charge in [0.1, 0.15) is 12.4 Å². The van der Waals surface area contributed by atoms with Crippen LogP contribution in [0.2, 0.25) is 0 Å². The summed E-state index contributed by atoms with van der Waals surface area (Å²) in [5, 5.41) is 3.49. The van der Waals surface area contributed by atoms with Crippen molar-refractivity contribution in [3.05, 3.63) is 77.6 Å². The lowest BCUT2D eigenvalue weighted by Gasteiger charge is -2.33. The van der Waals surface area contributed by atoms with Crippen LogP contribution in [0.5, 0.6) is 5.75 Å². The van der Waals surface area contributed by atoms with Gasteiger partial charge in [-0.25, -0.2) is 0 Å². The van der Waals surface area contributed by atoms with Gasteiger partial charge in [0.05, 0.1) is 24.1 Å². The number of rotatable bonds is 5. The van der Waals surface area contributed by atoms with E-state index in [1.165, 1.54) is 23.2 Å². The summed E-state index contributed by atoms with van der Waals surface area (Å²) in [6.45, 7) is 3.96. The van der Waals surface area contributed by atoms with Gasteiger partial charge in [-0.1, -0.05) is 18.2 Å². The Morgan fingerprint density at radius 1 is 1.23 bits per heavy atom. The Bertz CT molecular complexity index is 1110. The summed E-state index contributed by atoms with van der Waals surface area (Å²) in [4.78, 5) is 18.5. The summed E-state index contributed by atoms with van der Waals surface area (Å²) < 4.78 is 5.83. The van der Waals surface area contributed by atoms with Gasteiger partial charge in [0.2, 0.25) is 0 Å². The molecule has 158 valence electrons. The standard InChI is InChI=1S/C26H27N3O2/c1-18(30)22-11-12-27-17-24(22)28-16-20-6-4-5-19-15-21(9-10-23(19)20)29-13-14-31-26-8-3-2-7-25(26)29/h2-3,7-12,15,17,20,28H,4-6,13-14,16H2,1H3. The number of pyridine rings is 1. The van der Waals surface area contributed by atoms with E-state index in [2.05, 4.69) is 45.5 Å². The quantitative estimate of drug-likeness (QED) is 0.572. The molecule has 2 aromatic carbocycles. The number of carbonyl (C=O) groups is 1. The van der Waals surface area contributed by atoms with Gasteiger partial charge in [-0.2, -0.15) is 0 Å². The van der Waals surface area contributed by atoms with Crippen LogP contribution in [0.15, 0.2) is 60.9 Å². The molecule has 1 aliphatic carbocycles. The number of fused-ring (bicyclic) bond motifs is 2. The number of nitrogens with zero attached hydrogens (tertiary/aromatic N) is 2. The first-order valence-corrected chi connectivity index (χ1v) is 11.0. The fourth-order valence-corrected chi connectivity index (χ4v) is 4.79. The van der Waals surface area contributed by atoms with Crippen molar-refractivity contribution in [2.75, 3.05) is 29.9 Å². The molecule has 1 aromatic heterocycles. The lowest BCUT2D eigenvalue weighted by molar-refractivity contribution is 0.101. The topological polar surface area (TPSA) is 54.5 Å². The molecule has 0 spiro atoms. The Kier molecular flexibility index (Phi) is 5.33. The van der Waals surface area contributed by atoms with Crippen molar-refractivity contribution < 1.29 is 9.53 Å². The number of hydrogen-bond donors (Lipinski definition) is 1. The Morgan fingerprint density at radius 3 is 3.03 bits per heavy atom. The second kappa shape index (κ2) is 8.42. The molecule has 0 amide bonds. The number of benzene rings is 2. The van der Waals surface area contributed by atoms with Gasteiger partial charge in [0.25, 0.3) is 0 Å². The minimum absolute atomic E-state index is 0.0596. The maximum atomic E-state index is 11.9. The van der Waals surface area contributed by atoms with E-state index < -0.39 is 0 Å². The van der Waals surface area contributed by atoms with Crippen molar-refractivity contribution in [2.45, 2.75) is 32.1 Å². The third kappa shape index (κ3) is 3.88. The first-order valence-electron chi connectivity index (χ1n) is 11.0. The van der Waals surface area contributed by atoms with Crippen LogP contribution < -0.4 is 15.0 Å². The summed E-state index contributed by atoms with van der Waals surface area (Å²) in [5.41, 5.74) is 6.73. The Morgan fingerprint density at radius 2 is 2.13 bits per heavy atom. The number of Topliss-reactive ketones (excluding diaryl/α,β-unsaturated/α-hetero) is 1. The Hall–Kier alpha value is -3.34. The predicted molar refractivity (Wildman–Crippen MR) is 124 cm³/mol. The average Bonchev–Trinajstić information content (AvgIpc) is 2.82. The number of ketones is 1. The third-order valence-corrected chi connectivity index (χ3v) is 6.34. The molecule has 1 unspecified atom stereocenters. The molecule has 0 saturated carbocycles. The molecule has 31 heavy (non-hydrogen) atoms. The third-order valence-electron chi connectivity index (χ3n) is 6.34. The molecule has 5 nitrogen and oxygen atoms in total. The number of carbonyl (C=O) groups excluding carboxylic acids is 1. The number of hydrogen-bond acceptors (Lipinski definition) is 5. The van der Waals surface area contributed by atoms with E-state index in [0.29, 0.717) is 18.1 Å². The lowest BCUT2D eigenvalue weighted by Crippen LogP contribution is -2.28. The summed E-state index contributed by atoms with van der Waals surface area (Å²) in [6.07, 6.45) is 6.85. The van der Waals surface area contributed by atoms with Gasteiger partial charge < -0.3 is 15.0 Å². The summed E-state index contributed by atoms with van der Waals surface area (Å²) in [6, 6.07) is 16.9. The maximum absolute atomic E-state index is 11.9. The van der Waals surface area contributed by atoms with Gasteiger partial charge in [-0.3, -0.25) is 9.78 Å². The van der Waals surface area contributed by atoms with Crippen LogP contribution >= 0.6 is 0 Å². The normalized spacial score (nSPS) is 17.3. The number of anilines is 3. The number of ether oxygens (including phenoxy) is 1. The highest BCUT2D eigenvalue weighted by Crippen LogP contribution is 2.39. The zero-order chi connectivity index (χ0) is 21.2. The van der Waals surface area contributed by atoms with Crippen LogP contribution in [-0.4, -0.2) is 30.5 Å². The summed E-state index contributed by atoms with van der Waals surface area (Å²) in [5.74, 6) is 1.44. The zero-order valence-electron chi connectivity index (χ0n) is 17.8. The fourth-order valence-electron chi connectivity index (χ4n) is 4.79. The molecule has 3 aromatic rings. The van der Waals surface area contributed by atoms with Crippen LogP contribution in [0.3, 0.4) is 0 Å². The Labute approximate surface area is 183 Å². The van der Waals surface area contributed by atoms with Crippen molar-refractivity contribution >= 4 is 22.8 Å². The molecule has 1 aliphatic heterocycles. The molecule has 0 bridgehead atoms. The number of nitrogens with one attached hydrogen (secondary N) is 1. The molecule has 5 heteroatoms. The fraction of sp³-hybridized carbons (Fsp3) is 0.308. The second-order valence-corrected chi connectivity index (χ2v) is 8.30. The van der Waals surface area contributed by atoms with E-state index in [4.69, 9.17) is 4.74 Å². The monoisotopic (exact) mass is 413 g/mol. The predicted octanol–water partition coefficient (Wildman–Crippen LogP) is 5.35. The molecule has 2 aliphatic rings. The largest absolute Gasteiger partial charge is 0.490 e. The van der Waals surface area contributed by atoms with E-state index in [9.17, 15) is 4.79 Å². The van der Waals surface area contributed by atoms with Gasteiger partial charge in [-0.15, -0.1) is 0 Å². The van der Waals surface area contributed by atoms with E-state index in [1.54, 1.807) is 25.4 Å². The van der Waals surface area contributed by atoms with Crippen molar-refractivity contribution in [3.63, 3.8) is 0 Å². The van der Waals surface area contributed by atoms with Crippen LogP contribution in [0.4, 0.5) is 17.1 Å². The zero-order valence-corrected chi connectivity index (χ0v) is 17.8. The molecular formula is C26H27N3O2. The van der Waals surface area contributed by atoms with E-state index in [1.807, 2.05) is 12.1 Å².